The van der Waals surface area contributed by atoms with Crippen molar-refractivity contribution in [2.75, 3.05) is 0 Å². The number of nitrogens with zero attached hydrogens (tertiary/aromatic N) is 3. The first-order chi connectivity index (χ1) is 8.81. The van der Waals surface area contributed by atoms with E-state index in [2.05, 4.69) is 11.2 Å². The molecule has 0 N–H and O–H groups in total. The number of fused-ring (bicyclic) bond motifs is 1. The summed E-state index contributed by atoms with van der Waals surface area (Å²) in [5.41, 5.74) is 2.09. The monoisotopic (exact) mass is 253 g/mol. The van der Waals surface area contributed by atoms with Gasteiger partial charge in [0.15, 0.2) is 0 Å². The highest BCUT2D eigenvalue weighted by Gasteiger charge is 2.11. The van der Waals surface area contributed by atoms with Crippen molar-refractivity contribution in [1.82, 2.24) is 9.78 Å². The molecule has 2 aromatic carbocycles. The maximum absolute atomic E-state index is 9.19. The maximum atomic E-state index is 9.19. The third-order valence-corrected chi connectivity index (χ3v) is 3.12. The van der Waals surface area contributed by atoms with Crippen LogP contribution in [0.2, 0.25) is 5.02 Å². The molecule has 0 amide bonds. The van der Waals surface area contributed by atoms with E-state index in [0.717, 1.165) is 10.9 Å². The lowest BCUT2D eigenvalue weighted by Crippen LogP contribution is -1.99. The summed E-state index contributed by atoms with van der Waals surface area (Å²) in [6.45, 7) is 0. The van der Waals surface area contributed by atoms with Crippen LogP contribution in [0.5, 0.6) is 0 Å². The van der Waals surface area contributed by atoms with Crippen LogP contribution in [0.15, 0.2) is 48.7 Å². The molecule has 0 bridgehead atoms. The fraction of sp³-hybridized carbons (Fsp3) is 0. The van der Waals surface area contributed by atoms with Gasteiger partial charge in [-0.25, -0.2) is 4.68 Å². The standard InChI is InChI=1S/C14H8ClN3/c15-12-5-3-7-14(11(12)8-16)18-13-6-2-1-4-10(13)9-17-18/h1-7,9H. The van der Waals surface area contributed by atoms with Crippen molar-refractivity contribution >= 4 is 22.5 Å². The van der Waals surface area contributed by atoms with E-state index in [4.69, 9.17) is 11.6 Å². The van der Waals surface area contributed by atoms with E-state index < -0.39 is 0 Å². The Labute approximate surface area is 109 Å². The Balaban J connectivity index is 2.34. The summed E-state index contributed by atoms with van der Waals surface area (Å²) >= 11 is 6.03. The van der Waals surface area contributed by atoms with Crippen LogP contribution in [0.3, 0.4) is 0 Å². The third kappa shape index (κ3) is 1.55. The summed E-state index contributed by atoms with van der Waals surface area (Å²) in [7, 11) is 0. The first kappa shape index (κ1) is 10.8. The average molecular weight is 254 g/mol. The highest BCUT2D eigenvalue weighted by atomic mass is 35.5. The SMILES string of the molecule is N#Cc1c(Cl)cccc1-n1ncc2ccccc21. The fourth-order valence-corrected chi connectivity index (χ4v) is 2.18. The van der Waals surface area contributed by atoms with Crippen LogP contribution in [0.1, 0.15) is 5.56 Å². The van der Waals surface area contributed by atoms with Crippen molar-refractivity contribution in [3.05, 3.63) is 59.2 Å². The number of benzene rings is 2. The molecule has 0 unspecified atom stereocenters. The molecule has 0 aliphatic rings. The lowest BCUT2D eigenvalue weighted by atomic mass is 10.2. The molecule has 0 saturated heterocycles. The second kappa shape index (κ2) is 4.17. The highest BCUT2D eigenvalue weighted by Crippen LogP contribution is 2.25. The van der Waals surface area contributed by atoms with Gasteiger partial charge in [0, 0.05) is 5.39 Å². The van der Waals surface area contributed by atoms with Crippen LogP contribution in [0.4, 0.5) is 0 Å². The van der Waals surface area contributed by atoms with E-state index in [1.807, 2.05) is 36.4 Å². The third-order valence-electron chi connectivity index (χ3n) is 2.81. The second-order valence-corrected chi connectivity index (χ2v) is 4.27. The molecule has 0 saturated carbocycles. The van der Waals surface area contributed by atoms with Crippen molar-refractivity contribution < 1.29 is 0 Å². The van der Waals surface area contributed by atoms with E-state index >= 15 is 0 Å². The van der Waals surface area contributed by atoms with Crippen molar-refractivity contribution in [3.8, 4) is 11.8 Å². The fourth-order valence-electron chi connectivity index (χ4n) is 1.96. The number of hydrogen-bond donors (Lipinski definition) is 0. The Kier molecular flexibility index (Phi) is 2.51. The van der Waals surface area contributed by atoms with Crippen LogP contribution < -0.4 is 0 Å². The minimum Gasteiger partial charge on any atom is -0.232 e. The summed E-state index contributed by atoms with van der Waals surface area (Å²) in [6, 6.07) is 15.3. The molecule has 0 aliphatic heterocycles. The van der Waals surface area contributed by atoms with Crippen LogP contribution in [0.25, 0.3) is 16.6 Å². The van der Waals surface area contributed by atoms with Gasteiger partial charge in [-0.05, 0) is 18.2 Å². The molecular formula is C14H8ClN3. The number of aromatic nitrogens is 2. The topological polar surface area (TPSA) is 41.6 Å². The zero-order valence-electron chi connectivity index (χ0n) is 9.34. The normalized spacial score (nSPS) is 10.4. The predicted molar refractivity (Wildman–Crippen MR) is 70.8 cm³/mol. The first-order valence-corrected chi connectivity index (χ1v) is 5.81. The number of halogens is 1. The molecule has 3 rings (SSSR count). The van der Waals surface area contributed by atoms with Gasteiger partial charge in [-0.2, -0.15) is 10.4 Å². The van der Waals surface area contributed by atoms with Gasteiger partial charge < -0.3 is 0 Å². The lowest BCUT2D eigenvalue weighted by Gasteiger charge is -2.06. The van der Waals surface area contributed by atoms with Crippen LogP contribution in [-0.2, 0) is 0 Å². The molecule has 3 aromatic rings. The number of rotatable bonds is 1. The molecule has 0 spiro atoms. The van der Waals surface area contributed by atoms with Crippen LogP contribution in [0, 0.1) is 11.3 Å². The molecule has 1 aromatic heterocycles. The maximum Gasteiger partial charge on any atom is 0.103 e. The predicted octanol–water partition coefficient (Wildman–Crippen LogP) is 3.55. The molecular weight excluding hydrogens is 246 g/mol. The Morgan fingerprint density at radius 2 is 1.94 bits per heavy atom. The van der Waals surface area contributed by atoms with Gasteiger partial charge in [-0.15, -0.1) is 0 Å². The van der Waals surface area contributed by atoms with Crippen molar-refractivity contribution in [1.29, 1.82) is 5.26 Å². The summed E-state index contributed by atoms with van der Waals surface area (Å²) in [4.78, 5) is 0. The van der Waals surface area contributed by atoms with Gasteiger partial charge in [-0.1, -0.05) is 35.9 Å². The summed E-state index contributed by atoms with van der Waals surface area (Å²) in [5, 5.41) is 15.0. The second-order valence-electron chi connectivity index (χ2n) is 3.86. The zero-order valence-corrected chi connectivity index (χ0v) is 10.1. The first-order valence-electron chi connectivity index (χ1n) is 5.43. The van der Waals surface area contributed by atoms with Crippen molar-refractivity contribution in [3.63, 3.8) is 0 Å². The Bertz CT molecular complexity index is 768. The van der Waals surface area contributed by atoms with Gasteiger partial charge in [0.2, 0.25) is 0 Å². The average Bonchev–Trinajstić information content (AvgIpc) is 2.82. The molecule has 0 atom stereocenters. The molecule has 18 heavy (non-hydrogen) atoms. The molecule has 3 nitrogen and oxygen atoms in total. The van der Waals surface area contributed by atoms with Crippen LogP contribution >= 0.6 is 11.6 Å². The quantitative estimate of drug-likeness (QED) is 0.665. The molecule has 1 heterocycles. The smallest absolute Gasteiger partial charge is 0.103 e. The highest BCUT2D eigenvalue weighted by molar-refractivity contribution is 6.32. The van der Waals surface area contributed by atoms with Gasteiger partial charge in [-0.3, -0.25) is 0 Å². The van der Waals surface area contributed by atoms with E-state index in [1.54, 1.807) is 16.9 Å². The van der Waals surface area contributed by atoms with Gasteiger partial charge in [0.25, 0.3) is 0 Å². The Hall–Kier alpha value is -2.31. The Morgan fingerprint density at radius 3 is 2.78 bits per heavy atom. The summed E-state index contributed by atoms with van der Waals surface area (Å²) in [6.07, 6.45) is 1.78. The Morgan fingerprint density at radius 1 is 1.11 bits per heavy atom. The number of para-hydroxylation sites is 1. The summed E-state index contributed by atoms with van der Waals surface area (Å²) in [5.74, 6) is 0. The minimum atomic E-state index is 0.438. The van der Waals surface area contributed by atoms with E-state index in [9.17, 15) is 5.26 Å². The van der Waals surface area contributed by atoms with Crippen molar-refractivity contribution in [2.45, 2.75) is 0 Å². The summed E-state index contributed by atoms with van der Waals surface area (Å²) < 4.78 is 1.74. The molecule has 0 radical (unpaired) electrons. The van der Waals surface area contributed by atoms with E-state index in [-0.39, 0.29) is 0 Å². The molecule has 0 fully saturated rings. The van der Waals surface area contributed by atoms with Gasteiger partial charge in [0.1, 0.15) is 6.07 Å². The van der Waals surface area contributed by atoms with Crippen LogP contribution in [-0.4, -0.2) is 9.78 Å². The largest absolute Gasteiger partial charge is 0.232 e. The van der Waals surface area contributed by atoms with Gasteiger partial charge in [0.05, 0.1) is 28.0 Å². The van der Waals surface area contributed by atoms with Gasteiger partial charge >= 0.3 is 0 Å². The number of nitriles is 1. The lowest BCUT2D eigenvalue weighted by molar-refractivity contribution is 0.907. The van der Waals surface area contributed by atoms with E-state index in [1.165, 1.54) is 0 Å². The molecule has 4 heteroatoms. The minimum absolute atomic E-state index is 0.438. The van der Waals surface area contributed by atoms with E-state index in [0.29, 0.717) is 16.3 Å². The number of hydrogen-bond acceptors (Lipinski definition) is 2. The zero-order chi connectivity index (χ0) is 12.5. The molecule has 86 valence electrons. The van der Waals surface area contributed by atoms with Crippen molar-refractivity contribution in [2.24, 2.45) is 0 Å². The molecule has 0 aliphatic carbocycles.